The highest BCUT2D eigenvalue weighted by atomic mass is 16.3. The Balaban J connectivity index is 0.859. The minimum Gasteiger partial charge on any atom is -0.456 e. The van der Waals surface area contributed by atoms with Gasteiger partial charge in [-0.25, -0.2) is 0 Å². The molecule has 0 spiro atoms. The van der Waals surface area contributed by atoms with Crippen molar-refractivity contribution < 1.29 is 8.83 Å². The van der Waals surface area contributed by atoms with Gasteiger partial charge in [-0.1, -0.05) is 221 Å². The van der Waals surface area contributed by atoms with Crippen molar-refractivity contribution in [3.05, 3.63) is 282 Å². The van der Waals surface area contributed by atoms with E-state index < -0.39 is 0 Å². The highest BCUT2D eigenvalue weighted by Gasteiger charge is 2.41. The molecule has 4 nitrogen and oxygen atoms in total. The predicted octanol–water partition coefficient (Wildman–Crippen LogP) is 20.7. The summed E-state index contributed by atoms with van der Waals surface area (Å²) in [5.41, 5.74) is 22.8. The van der Waals surface area contributed by atoms with E-state index in [-0.39, 0.29) is 17.9 Å². The van der Waals surface area contributed by atoms with E-state index in [2.05, 4.69) is 274 Å². The third-order valence-corrected chi connectivity index (χ3v) is 18.1. The second-order valence-electron chi connectivity index (χ2n) is 22.4. The molecule has 4 heterocycles. The molecule has 0 bridgehead atoms. The Kier molecular flexibility index (Phi) is 11.7. The maximum absolute atomic E-state index is 7.07. The molecule has 1 aliphatic carbocycles. The van der Waals surface area contributed by atoms with Crippen LogP contribution in [-0.4, -0.2) is 5.71 Å². The number of furan rings is 2. The van der Waals surface area contributed by atoms with E-state index in [0.717, 1.165) is 95.8 Å². The van der Waals surface area contributed by atoms with Gasteiger partial charge in [0.15, 0.2) is 0 Å². The number of allylic oxidation sites excluding steroid dienone is 4. The van der Waals surface area contributed by atoms with Gasteiger partial charge in [0.25, 0.3) is 0 Å². The fraction of sp³-hybridized carbons (Fsp3) is 0.145. The predicted molar refractivity (Wildman–Crippen MR) is 333 cm³/mol. The maximum Gasteiger partial charge on any atom is 0.143 e. The van der Waals surface area contributed by atoms with Crippen LogP contribution in [0, 0.1) is 17.8 Å². The van der Waals surface area contributed by atoms with Gasteiger partial charge in [0.1, 0.15) is 22.3 Å². The lowest BCUT2D eigenvalue weighted by atomic mass is 9.69. The molecule has 0 N–H and O–H groups in total. The van der Waals surface area contributed by atoms with Crippen LogP contribution >= 0.6 is 0 Å². The highest BCUT2D eigenvalue weighted by Crippen LogP contribution is 2.57. The van der Waals surface area contributed by atoms with Gasteiger partial charge in [-0.3, -0.25) is 4.99 Å². The second-order valence-corrected chi connectivity index (χ2v) is 22.4. The standard InChI is InChI=1S/C76H60N2O2/c1-4-57-70(50-24-10-6-11-25-50)47(2)48(3)73(51-26-12-7-13-27-51)77-74(57)56-31-19-30-55(45-56)60-35-20-36-63-71-58(34-21-39-68(71)80-76(60)63)53-28-18-29-54(44-53)59-41-43-69-72(62-33-15-17-38-67(62)79-69)75(59)78-65-37-16-14-32-61(65)64-46-52(40-42-66(64)78)49-22-8-5-9-23-49/h5-45,47-48,57,64,70,73H,4,46H2,1-3H3. The van der Waals surface area contributed by atoms with Crippen LogP contribution in [0.5, 0.6) is 0 Å². The zero-order valence-corrected chi connectivity index (χ0v) is 45.3. The van der Waals surface area contributed by atoms with Crippen LogP contribution in [0.2, 0.25) is 0 Å². The number of nitrogens with zero attached hydrogens (tertiary/aromatic N) is 2. The third-order valence-electron chi connectivity index (χ3n) is 18.1. The first-order valence-corrected chi connectivity index (χ1v) is 28.6. The Labute approximate surface area is 467 Å². The SMILES string of the molecule is CCC1C(c2cccc(-c3cccc4c3oc3cccc(-c5cccc(-c6ccc7oc8ccccc8c7c6N6C7=CC=C(c8ccccc8)CC7c7ccccc76)c5)c34)c2)=NC(c2ccccc2)C(C)C(C)C1c1ccccc1. The molecule has 386 valence electrons. The number of hydrogen-bond donors (Lipinski definition) is 0. The van der Waals surface area contributed by atoms with Gasteiger partial charge in [0.05, 0.1) is 17.1 Å². The van der Waals surface area contributed by atoms with Gasteiger partial charge in [-0.15, -0.1) is 0 Å². The van der Waals surface area contributed by atoms with Crippen LogP contribution in [0.15, 0.2) is 268 Å². The van der Waals surface area contributed by atoms with E-state index in [1.165, 1.54) is 50.5 Å². The number of rotatable bonds is 9. The number of aliphatic imine (C=N–C) groups is 1. The summed E-state index contributed by atoms with van der Waals surface area (Å²) in [5.74, 6) is 1.47. The van der Waals surface area contributed by atoms with Crippen molar-refractivity contribution in [2.24, 2.45) is 22.7 Å². The Morgan fingerprint density at radius 2 is 1.07 bits per heavy atom. The molecule has 2 aliphatic heterocycles. The molecular formula is C76H60N2O2. The molecule has 2 aromatic heterocycles. The van der Waals surface area contributed by atoms with Gasteiger partial charge in [-0.05, 0) is 135 Å². The van der Waals surface area contributed by atoms with Gasteiger partial charge in [-0.2, -0.15) is 0 Å². The molecule has 0 amide bonds. The molecule has 4 heteroatoms. The van der Waals surface area contributed by atoms with Crippen molar-refractivity contribution >= 4 is 66.5 Å². The summed E-state index contributed by atoms with van der Waals surface area (Å²) < 4.78 is 13.8. The van der Waals surface area contributed by atoms with E-state index in [4.69, 9.17) is 13.8 Å². The molecule has 0 saturated carbocycles. The van der Waals surface area contributed by atoms with E-state index in [1.807, 2.05) is 0 Å². The van der Waals surface area contributed by atoms with E-state index in [0.29, 0.717) is 17.8 Å². The first kappa shape index (κ1) is 47.9. The molecule has 6 atom stereocenters. The largest absolute Gasteiger partial charge is 0.456 e. The number of anilines is 2. The zero-order valence-electron chi connectivity index (χ0n) is 45.3. The topological polar surface area (TPSA) is 41.9 Å². The summed E-state index contributed by atoms with van der Waals surface area (Å²) in [6, 6.07) is 86.3. The van der Waals surface area contributed by atoms with Gasteiger partial charge >= 0.3 is 0 Å². The molecule has 12 aromatic rings. The minimum absolute atomic E-state index is 0.0352. The lowest BCUT2D eigenvalue weighted by Crippen LogP contribution is -2.28. The van der Waals surface area contributed by atoms with Crippen molar-refractivity contribution in [3.63, 3.8) is 0 Å². The van der Waals surface area contributed by atoms with Gasteiger partial charge in [0, 0.05) is 56.2 Å². The van der Waals surface area contributed by atoms with Crippen molar-refractivity contribution in [3.8, 4) is 33.4 Å². The van der Waals surface area contributed by atoms with Gasteiger partial charge in [0.2, 0.25) is 0 Å². The Morgan fingerprint density at radius 1 is 0.475 bits per heavy atom. The summed E-state index contributed by atoms with van der Waals surface area (Å²) in [4.78, 5) is 8.40. The highest BCUT2D eigenvalue weighted by molar-refractivity contribution is 6.18. The van der Waals surface area contributed by atoms with Crippen LogP contribution < -0.4 is 4.90 Å². The number of para-hydroxylation sites is 3. The normalized spacial score (nSPS) is 19.9. The third kappa shape index (κ3) is 7.83. The fourth-order valence-electron chi connectivity index (χ4n) is 14.2. The zero-order chi connectivity index (χ0) is 53.4. The monoisotopic (exact) mass is 1030 g/mol. The molecule has 80 heavy (non-hydrogen) atoms. The Morgan fingerprint density at radius 3 is 1.88 bits per heavy atom. The molecule has 0 fully saturated rings. The number of fused-ring (bicyclic) bond motifs is 9. The summed E-state index contributed by atoms with van der Waals surface area (Å²) in [7, 11) is 0. The minimum atomic E-state index is 0.0352. The van der Waals surface area contributed by atoms with Crippen LogP contribution in [0.25, 0.3) is 82.8 Å². The summed E-state index contributed by atoms with van der Waals surface area (Å²) in [5, 5.41) is 4.42. The summed E-state index contributed by atoms with van der Waals surface area (Å²) >= 11 is 0. The molecular weight excluding hydrogens is 973 g/mol. The maximum atomic E-state index is 7.07. The Bertz CT molecular complexity index is 4450. The molecule has 10 aromatic carbocycles. The van der Waals surface area contributed by atoms with Crippen LogP contribution in [0.3, 0.4) is 0 Å². The van der Waals surface area contributed by atoms with Crippen molar-refractivity contribution in [1.29, 1.82) is 0 Å². The number of benzene rings is 10. The second kappa shape index (κ2) is 19.6. The first-order chi connectivity index (χ1) is 39.5. The molecule has 15 rings (SSSR count). The average molecular weight is 1030 g/mol. The van der Waals surface area contributed by atoms with E-state index in [1.54, 1.807) is 0 Å². The summed E-state index contributed by atoms with van der Waals surface area (Å²) in [6.07, 6.45) is 6.61. The lowest BCUT2D eigenvalue weighted by Gasteiger charge is -2.34. The average Bonchev–Trinajstić information content (AvgIpc) is 4.25. The van der Waals surface area contributed by atoms with Crippen LogP contribution in [0.4, 0.5) is 11.4 Å². The van der Waals surface area contributed by atoms with E-state index >= 15 is 0 Å². The lowest BCUT2D eigenvalue weighted by molar-refractivity contribution is 0.266. The summed E-state index contributed by atoms with van der Waals surface area (Å²) in [6.45, 7) is 7.21. The number of hydrogen-bond acceptors (Lipinski definition) is 4. The molecule has 3 aliphatic rings. The smallest absolute Gasteiger partial charge is 0.143 e. The van der Waals surface area contributed by atoms with Crippen molar-refractivity contribution in [1.82, 2.24) is 0 Å². The van der Waals surface area contributed by atoms with E-state index in [9.17, 15) is 0 Å². The quantitative estimate of drug-likeness (QED) is 0.145. The first-order valence-electron chi connectivity index (χ1n) is 28.6. The van der Waals surface area contributed by atoms with Crippen molar-refractivity contribution in [2.45, 2.75) is 51.5 Å². The molecule has 0 radical (unpaired) electrons. The Hall–Kier alpha value is -9.25. The van der Waals surface area contributed by atoms with Gasteiger partial charge < -0.3 is 13.7 Å². The molecule has 0 saturated heterocycles. The molecule has 6 unspecified atom stereocenters. The van der Waals surface area contributed by atoms with Crippen molar-refractivity contribution in [2.75, 3.05) is 4.90 Å². The van der Waals surface area contributed by atoms with Crippen LogP contribution in [-0.2, 0) is 0 Å². The fourth-order valence-corrected chi connectivity index (χ4v) is 14.2. The van der Waals surface area contributed by atoms with Crippen LogP contribution in [0.1, 0.15) is 79.3 Å².